The lowest BCUT2D eigenvalue weighted by Gasteiger charge is -2.31. The highest BCUT2D eigenvalue weighted by molar-refractivity contribution is 5.81. The molecule has 1 amide bonds. The molecular formula is C29H33N5O3. The van der Waals surface area contributed by atoms with Crippen LogP contribution in [0.15, 0.2) is 70.5 Å². The van der Waals surface area contributed by atoms with Crippen molar-refractivity contribution < 1.29 is 4.79 Å². The highest BCUT2D eigenvalue weighted by Gasteiger charge is 2.30. The molecular weight excluding hydrogens is 466 g/mol. The molecule has 0 saturated carbocycles. The lowest BCUT2D eigenvalue weighted by atomic mass is 9.99. The zero-order valence-corrected chi connectivity index (χ0v) is 21.6. The molecule has 8 nitrogen and oxygen atoms in total. The Bertz CT molecular complexity index is 1550. The second-order valence-corrected chi connectivity index (χ2v) is 10.3. The van der Waals surface area contributed by atoms with Crippen LogP contribution in [0.5, 0.6) is 0 Å². The highest BCUT2D eigenvalue weighted by Crippen LogP contribution is 2.21. The molecule has 1 atom stereocenters. The number of amides is 1. The summed E-state index contributed by atoms with van der Waals surface area (Å²) in [7, 11) is 0. The van der Waals surface area contributed by atoms with Crippen molar-refractivity contribution in [3.05, 3.63) is 98.5 Å². The standard InChI is InChI=1S/C29H33N5O3/c1-20(2)13-15-32-19-30-26-25(32)28(36)34(29(37)33(26)17-22-9-5-4-6-10-22)21(3)27(35)31-16-14-23-11-7-8-12-24(23)18-31/h4-12,19-21H,13-18H2,1-3H3. The molecule has 0 bridgehead atoms. The molecule has 8 heteroatoms. The Morgan fingerprint density at radius 3 is 2.41 bits per heavy atom. The molecule has 0 aliphatic carbocycles. The van der Waals surface area contributed by atoms with Crippen molar-refractivity contribution in [2.45, 2.75) is 59.3 Å². The van der Waals surface area contributed by atoms with Crippen molar-refractivity contribution >= 4 is 17.1 Å². The van der Waals surface area contributed by atoms with Crippen LogP contribution in [-0.2, 0) is 30.8 Å². The van der Waals surface area contributed by atoms with Crippen LogP contribution in [-0.4, -0.2) is 36.0 Å². The fourth-order valence-corrected chi connectivity index (χ4v) is 5.08. The molecule has 3 heterocycles. The van der Waals surface area contributed by atoms with Crippen LogP contribution in [0.2, 0.25) is 0 Å². The molecule has 0 N–H and O–H groups in total. The van der Waals surface area contributed by atoms with Gasteiger partial charge >= 0.3 is 5.69 Å². The molecule has 0 saturated heterocycles. The van der Waals surface area contributed by atoms with Crippen LogP contribution < -0.4 is 11.2 Å². The van der Waals surface area contributed by atoms with E-state index >= 15 is 0 Å². The Kier molecular flexibility index (Phi) is 6.82. The summed E-state index contributed by atoms with van der Waals surface area (Å²) >= 11 is 0. The molecule has 1 aliphatic heterocycles. The number of carbonyl (C=O) groups excluding carboxylic acids is 1. The van der Waals surface area contributed by atoms with Crippen LogP contribution in [0.1, 0.15) is 49.9 Å². The first-order valence-corrected chi connectivity index (χ1v) is 12.9. The van der Waals surface area contributed by atoms with Crippen LogP contribution >= 0.6 is 0 Å². The lowest BCUT2D eigenvalue weighted by Crippen LogP contribution is -2.48. The predicted molar refractivity (Wildman–Crippen MR) is 144 cm³/mol. The highest BCUT2D eigenvalue weighted by atomic mass is 16.2. The third-order valence-electron chi connectivity index (χ3n) is 7.25. The predicted octanol–water partition coefficient (Wildman–Crippen LogP) is 3.60. The second kappa shape index (κ2) is 10.2. The van der Waals surface area contributed by atoms with Gasteiger partial charge in [0, 0.05) is 19.6 Å². The summed E-state index contributed by atoms with van der Waals surface area (Å²) in [5.41, 5.74) is 2.98. The molecule has 0 radical (unpaired) electrons. The molecule has 2 aromatic heterocycles. The van der Waals surface area contributed by atoms with Gasteiger partial charge in [0.1, 0.15) is 6.04 Å². The van der Waals surface area contributed by atoms with Gasteiger partial charge in [-0.2, -0.15) is 0 Å². The van der Waals surface area contributed by atoms with Crippen LogP contribution in [0, 0.1) is 5.92 Å². The van der Waals surface area contributed by atoms with Gasteiger partial charge in [-0.25, -0.2) is 14.3 Å². The van der Waals surface area contributed by atoms with E-state index in [-0.39, 0.29) is 12.5 Å². The summed E-state index contributed by atoms with van der Waals surface area (Å²) in [4.78, 5) is 47.5. The van der Waals surface area contributed by atoms with Crippen molar-refractivity contribution in [2.75, 3.05) is 6.54 Å². The molecule has 192 valence electrons. The number of nitrogens with zero attached hydrogens (tertiary/aromatic N) is 5. The van der Waals surface area contributed by atoms with Gasteiger partial charge in [0.05, 0.1) is 12.9 Å². The summed E-state index contributed by atoms with van der Waals surface area (Å²) in [5.74, 6) is 0.213. The van der Waals surface area contributed by atoms with Crippen molar-refractivity contribution in [2.24, 2.45) is 5.92 Å². The molecule has 0 spiro atoms. The molecule has 37 heavy (non-hydrogen) atoms. The number of imidazole rings is 1. The lowest BCUT2D eigenvalue weighted by molar-refractivity contribution is -0.135. The average molecular weight is 500 g/mol. The molecule has 1 unspecified atom stereocenters. The monoisotopic (exact) mass is 499 g/mol. The Balaban J connectivity index is 1.59. The smallest absolute Gasteiger partial charge is 0.333 e. The number of hydrogen-bond acceptors (Lipinski definition) is 4. The molecule has 0 fully saturated rings. The van der Waals surface area contributed by atoms with E-state index < -0.39 is 17.3 Å². The SMILES string of the molecule is CC(C)CCn1cnc2c1c(=O)n(C(C)C(=O)N1CCc3ccccc3C1)c(=O)n2Cc1ccccc1. The first-order chi connectivity index (χ1) is 17.8. The summed E-state index contributed by atoms with van der Waals surface area (Å²) in [5, 5.41) is 0. The first kappa shape index (κ1) is 24.7. The Morgan fingerprint density at radius 2 is 1.68 bits per heavy atom. The van der Waals surface area contributed by atoms with E-state index in [9.17, 15) is 14.4 Å². The maximum Gasteiger partial charge on any atom is 0.333 e. The van der Waals surface area contributed by atoms with Crippen LogP contribution in [0.4, 0.5) is 0 Å². The van der Waals surface area contributed by atoms with Crippen molar-refractivity contribution in [1.82, 2.24) is 23.6 Å². The van der Waals surface area contributed by atoms with Crippen molar-refractivity contribution in [1.29, 1.82) is 0 Å². The van der Waals surface area contributed by atoms with Gasteiger partial charge in [0.2, 0.25) is 5.91 Å². The van der Waals surface area contributed by atoms with Crippen molar-refractivity contribution in [3.8, 4) is 0 Å². The molecule has 4 aromatic rings. The van der Waals surface area contributed by atoms with E-state index in [4.69, 9.17) is 0 Å². The first-order valence-electron chi connectivity index (χ1n) is 12.9. The third kappa shape index (κ3) is 4.75. The maximum atomic E-state index is 13.8. The summed E-state index contributed by atoms with van der Waals surface area (Å²) in [6.45, 7) is 7.80. The number of hydrogen-bond donors (Lipinski definition) is 0. The van der Waals surface area contributed by atoms with Gasteiger partial charge in [0.25, 0.3) is 5.56 Å². The molecule has 2 aromatic carbocycles. The number of benzene rings is 2. The number of carbonyl (C=O) groups is 1. The van der Waals surface area contributed by atoms with Gasteiger partial charge in [-0.3, -0.25) is 14.2 Å². The minimum Gasteiger partial charge on any atom is -0.336 e. The van der Waals surface area contributed by atoms with Crippen LogP contribution in [0.25, 0.3) is 11.2 Å². The number of rotatable bonds is 7. The summed E-state index contributed by atoms with van der Waals surface area (Å²) in [6.07, 6.45) is 3.25. The van der Waals surface area contributed by atoms with E-state index in [1.165, 1.54) is 10.1 Å². The van der Waals surface area contributed by atoms with Gasteiger partial charge in [-0.1, -0.05) is 68.4 Å². The van der Waals surface area contributed by atoms with E-state index in [1.54, 1.807) is 18.2 Å². The fraction of sp³-hybridized carbons (Fsp3) is 0.379. The Hall–Kier alpha value is -3.94. The quantitative estimate of drug-likeness (QED) is 0.389. The Labute approximate surface area is 215 Å². The van der Waals surface area contributed by atoms with Gasteiger partial charge < -0.3 is 9.47 Å². The third-order valence-corrected chi connectivity index (χ3v) is 7.25. The maximum absolute atomic E-state index is 13.8. The molecule has 1 aliphatic rings. The fourth-order valence-electron chi connectivity index (χ4n) is 5.08. The topological polar surface area (TPSA) is 82.1 Å². The Morgan fingerprint density at radius 1 is 0.973 bits per heavy atom. The second-order valence-electron chi connectivity index (χ2n) is 10.3. The normalized spacial score (nSPS) is 14.2. The van der Waals surface area contributed by atoms with Crippen molar-refractivity contribution in [3.63, 3.8) is 0 Å². The van der Waals surface area contributed by atoms with E-state index in [2.05, 4.69) is 24.9 Å². The number of aryl methyl sites for hydroxylation is 1. The summed E-state index contributed by atoms with van der Waals surface area (Å²) in [6, 6.07) is 16.8. The van der Waals surface area contributed by atoms with Crippen LogP contribution in [0.3, 0.4) is 0 Å². The van der Waals surface area contributed by atoms with E-state index in [1.807, 2.05) is 53.1 Å². The average Bonchev–Trinajstić information content (AvgIpc) is 3.34. The summed E-state index contributed by atoms with van der Waals surface area (Å²) < 4.78 is 4.47. The minimum absolute atomic E-state index is 0.229. The number of aromatic nitrogens is 4. The van der Waals surface area contributed by atoms with Gasteiger partial charge in [-0.05, 0) is 42.4 Å². The van der Waals surface area contributed by atoms with Gasteiger partial charge in [0.15, 0.2) is 11.2 Å². The van der Waals surface area contributed by atoms with Gasteiger partial charge in [-0.15, -0.1) is 0 Å². The zero-order chi connectivity index (χ0) is 26.1. The molecule has 5 rings (SSSR count). The zero-order valence-electron chi connectivity index (χ0n) is 21.6. The van der Waals surface area contributed by atoms with E-state index in [0.717, 1.165) is 28.5 Å². The number of fused-ring (bicyclic) bond motifs is 2. The minimum atomic E-state index is -0.940. The largest absolute Gasteiger partial charge is 0.336 e. The van der Waals surface area contributed by atoms with E-state index in [0.29, 0.717) is 36.7 Å².